The average molecular weight is 536 g/mol. The smallest absolute Gasteiger partial charge is 0.261 e. The first-order valence-corrected chi connectivity index (χ1v) is 10.3. The fraction of sp³-hybridized carbons (Fsp3) is 0.0625. The summed E-state index contributed by atoms with van der Waals surface area (Å²) in [5.41, 5.74) is 1.03. The zero-order chi connectivity index (χ0) is 18.8. The van der Waals surface area contributed by atoms with Gasteiger partial charge in [-0.2, -0.15) is 0 Å². The summed E-state index contributed by atoms with van der Waals surface area (Å²) in [7, 11) is 1.49. The van der Waals surface area contributed by atoms with Gasteiger partial charge in [0.15, 0.2) is 10.2 Å². The highest BCUT2D eigenvalue weighted by Crippen LogP contribution is 2.33. The number of nitrogens with zero attached hydrogens (tertiary/aromatic N) is 1. The minimum atomic E-state index is -0.402. The predicted molar refractivity (Wildman–Crippen MR) is 117 cm³/mol. The number of thiocarbonyl (C=S) groups is 1. The molecule has 0 aliphatic carbocycles. The van der Waals surface area contributed by atoms with Gasteiger partial charge < -0.3 is 10.1 Å². The van der Waals surface area contributed by atoms with Crippen LogP contribution in [-0.4, -0.2) is 23.1 Å². The molecule has 0 unspecified atom stereocenters. The number of carbonyl (C=O) groups excluding carboxylic acids is 1. The third-order valence-electron chi connectivity index (χ3n) is 3.27. The number of thiazole rings is 1. The third kappa shape index (κ3) is 4.17. The molecule has 0 atom stereocenters. The van der Waals surface area contributed by atoms with Crippen LogP contribution in [0.25, 0.3) is 10.2 Å². The topological polar surface area (TPSA) is 63.2 Å². The molecule has 134 valence electrons. The van der Waals surface area contributed by atoms with Crippen LogP contribution in [0.3, 0.4) is 0 Å². The summed E-state index contributed by atoms with van der Waals surface area (Å²) in [5.74, 6) is 0.0146. The van der Waals surface area contributed by atoms with Gasteiger partial charge in [0, 0.05) is 4.47 Å². The van der Waals surface area contributed by atoms with Crippen molar-refractivity contribution in [2.45, 2.75) is 0 Å². The maximum Gasteiger partial charge on any atom is 0.261 e. The number of benzene rings is 2. The van der Waals surface area contributed by atoms with Gasteiger partial charge in [-0.25, -0.2) is 4.98 Å². The normalized spacial score (nSPS) is 10.6. The van der Waals surface area contributed by atoms with E-state index in [0.29, 0.717) is 31.5 Å². The number of hydrogen-bond donors (Lipinski definition) is 2. The van der Waals surface area contributed by atoms with E-state index in [2.05, 4.69) is 47.5 Å². The molecule has 2 N–H and O–H groups in total. The molecule has 2 aromatic carbocycles. The van der Waals surface area contributed by atoms with E-state index in [0.717, 1.165) is 9.17 Å². The zero-order valence-electron chi connectivity index (χ0n) is 13.1. The summed E-state index contributed by atoms with van der Waals surface area (Å²) < 4.78 is 7.59. The molecule has 0 bridgehead atoms. The maximum absolute atomic E-state index is 12.6. The SMILES string of the molecule is COc1c(Br)cc(Br)cc1C(=O)NC(=S)Nc1nc2c(Cl)cccc2s1. The summed E-state index contributed by atoms with van der Waals surface area (Å²) >= 11 is 19.5. The Bertz CT molecular complexity index is 1030. The van der Waals surface area contributed by atoms with Crippen LogP contribution in [0.2, 0.25) is 5.02 Å². The van der Waals surface area contributed by atoms with Crippen LogP contribution in [0.15, 0.2) is 39.3 Å². The molecule has 0 spiro atoms. The minimum Gasteiger partial charge on any atom is -0.495 e. The third-order valence-corrected chi connectivity index (χ3v) is 5.77. The lowest BCUT2D eigenvalue weighted by molar-refractivity contribution is 0.0974. The number of nitrogens with one attached hydrogen (secondary N) is 2. The highest BCUT2D eigenvalue weighted by Gasteiger charge is 2.18. The van der Waals surface area contributed by atoms with Crippen molar-refractivity contribution in [2.24, 2.45) is 0 Å². The number of amides is 1. The van der Waals surface area contributed by atoms with Gasteiger partial charge in [-0.05, 0) is 52.4 Å². The van der Waals surface area contributed by atoms with Gasteiger partial charge >= 0.3 is 0 Å². The summed E-state index contributed by atoms with van der Waals surface area (Å²) in [6.07, 6.45) is 0. The summed E-state index contributed by atoms with van der Waals surface area (Å²) in [4.78, 5) is 16.9. The van der Waals surface area contributed by atoms with Gasteiger partial charge in [-0.15, -0.1) is 0 Å². The number of methoxy groups -OCH3 is 1. The Labute approximate surface area is 180 Å². The monoisotopic (exact) mass is 533 g/mol. The van der Waals surface area contributed by atoms with E-state index in [4.69, 9.17) is 28.6 Å². The number of ether oxygens (including phenoxy) is 1. The second kappa shape index (κ2) is 8.18. The van der Waals surface area contributed by atoms with Gasteiger partial charge in [0.05, 0.1) is 26.9 Å². The number of hydrogen-bond acceptors (Lipinski definition) is 5. The Morgan fingerprint density at radius 1 is 1.35 bits per heavy atom. The van der Waals surface area contributed by atoms with E-state index in [9.17, 15) is 4.79 Å². The minimum absolute atomic E-state index is 0.128. The second-order valence-electron chi connectivity index (χ2n) is 4.98. The highest BCUT2D eigenvalue weighted by atomic mass is 79.9. The van der Waals surface area contributed by atoms with Crippen LogP contribution in [-0.2, 0) is 0 Å². The molecule has 0 fully saturated rings. The number of halogens is 3. The fourth-order valence-electron chi connectivity index (χ4n) is 2.20. The lowest BCUT2D eigenvalue weighted by Gasteiger charge is -2.12. The van der Waals surface area contributed by atoms with Crippen LogP contribution >= 0.6 is 67.0 Å². The molecule has 0 radical (unpaired) electrons. The molecule has 3 rings (SSSR count). The van der Waals surface area contributed by atoms with Crippen molar-refractivity contribution in [1.82, 2.24) is 10.3 Å². The van der Waals surface area contributed by atoms with Crippen molar-refractivity contribution in [3.8, 4) is 5.75 Å². The standard InChI is InChI=1S/C16H10Br2ClN3O2S2/c1-24-13-8(5-7(17)6-9(13)18)14(23)21-15(25)22-16-20-12-10(19)3-2-4-11(12)26-16/h2-6H,1H3,(H2,20,21,22,23,25). The summed E-state index contributed by atoms with van der Waals surface area (Å²) in [6, 6.07) is 8.97. The molecule has 0 aliphatic rings. The Kier molecular flexibility index (Phi) is 6.13. The van der Waals surface area contributed by atoms with E-state index in [1.165, 1.54) is 18.4 Å². The fourth-order valence-corrected chi connectivity index (χ4v) is 5.01. The molecule has 0 saturated heterocycles. The summed E-state index contributed by atoms with van der Waals surface area (Å²) in [5, 5.41) is 6.77. The predicted octanol–water partition coefficient (Wildman–Crippen LogP) is 5.61. The largest absolute Gasteiger partial charge is 0.495 e. The van der Waals surface area contributed by atoms with E-state index >= 15 is 0 Å². The quantitative estimate of drug-likeness (QED) is 0.427. The molecule has 26 heavy (non-hydrogen) atoms. The first-order chi connectivity index (χ1) is 12.4. The van der Waals surface area contributed by atoms with Crippen molar-refractivity contribution in [3.63, 3.8) is 0 Å². The van der Waals surface area contributed by atoms with Crippen molar-refractivity contribution in [3.05, 3.63) is 49.9 Å². The Hall–Kier alpha value is -1.26. The second-order valence-corrected chi connectivity index (χ2v) is 8.60. The van der Waals surface area contributed by atoms with E-state index in [1.54, 1.807) is 18.2 Å². The molecule has 0 saturated carbocycles. The molecule has 1 aromatic heterocycles. The van der Waals surface area contributed by atoms with E-state index < -0.39 is 5.91 Å². The van der Waals surface area contributed by atoms with Crippen molar-refractivity contribution in [2.75, 3.05) is 12.4 Å². The zero-order valence-corrected chi connectivity index (χ0v) is 18.7. The van der Waals surface area contributed by atoms with Crippen LogP contribution in [0.4, 0.5) is 5.13 Å². The van der Waals surface area contributed by atoms with Crippen LogP contribution in [0, 0.1) is 0 Å². The molecular weight excluding hydrogens is 526 g/mol. The van der Waals surface area contributed by atoms with Crippen molar-refractivity contribution >= 4 is 93.4 Å². The molecule has 1 heterocycles. The van der Waals surface area contributed by atoms with Gasteiger partial charge in [-0.3, -0.25) is 10.1 Å². The molecule has 10 heteroatoms. The Morgan fingerprint density at radius 3 is 2.81 bits per heavy atom. The first-order valence-electron chi connectivity index (χ1n) is 7.09. The lowest BCUT2D eigenvalue weighted by atomic mass is 10.2. The molecular formula is C16H10Br2ClN3O2S2. The van der Waals surface area contributed by atoms with Gasteiger partial charge in [0.25, 0.3) is 5.91 Å². The Balaban J connectivity index is 1.77. The highest BCUT2D eigenvalue weighted by molar-refractivity contribution is 9.11. The number of para-hydroxylation sites is 1. The maximum atomic E-state index is 12.6. The summed E-state index contributed by atoms with van der Waals surface area (Å²) in [6.45, 7) is 0. The number of anilines is 1. The number of carbonyl (C=O) groups is 1. The number of rotatable bonds is 3. The van der Waals surface area contributed by atoms with Gasteiger partial charge in [0.1, 0.15) is 11.3 Å². The van der Waals surface area contributed by atoms with E-state index in [1.807, 2.05) is 12.1 Å². The number of fused-ring (bicyclic) bond motifs is 1. The lowest BCUT2D eigenvalue weighted by Crippen LogP contribution is -2.34. The van der Waals surface area contributed by atoms with Crippen LogP contribution < -0.4 is 15.4 Å². The molecule has 5 nitrogen and oxygen atoms in total. The number of aromatic nitrogens is 1. The Morgan fingerprint density at radius 2 is 2.12 bits per heavy atom. The van der Waals surface area contributed by atoms with Gasteiger partial charge in [-0.1, -0.05) is 44.9 Å². The molecule has 0 aliphatic heterocycles. The molecule has 3 aromatic rings. The van der Waals surface area contributed by atoms with Crippen molar-refractivity contribution in [1.29, 1.82) is 0 Å². The van der Waals surface area contributed by atoms with Crippen LogP contribution in [0.1, 0.15) is 10.4 Å². The first kappa shape index (κ1) is 19.5. The van der Waals surface area contributed by atoms with Crippen molar-refractivity contribution < 1.29 is 9.53 Å². The average Bonchev–Trinajstić information content (AvgIpc) is 2.97. The van der Waals surface area contributed by atoms with Crippen LogP contribution in [0.5, 0.6) is 5.75 Å². The van der Waals surface area contributed by atoms with E-state index in [-0.39, 0.29) is 5.11 Å². The molecule has 1 amide bonds. The van der Waals surface area contributed by atoms with Gasteiger partial charge in [0.2, 0.25) is 0 Å².